The lowest BCUT2D eigenvalue weighted by Gasteiger charge is -2.24. The smallest absolute Gasteiger partial charge is 0.287 e. The van der Waals surface area contributed by atoms with Crippen molar-refractivity contribution in [2.75, 3.05) is 31.5 Å². The van der Waals surface area contributed by atoms with E-state index in [1.165, 1.54) is 6.26 Å². The van der Waals surface area contributed by atoms with Crippen molar-refractivity contribution < 1.29 is 14.0 Å². The normalized spacial score (nSPS) is 15.4. The standard InChI is InChI=1S/C22H29N5O3.HI/c1-3-23-22(25-11-6-10-24-21(29)20-15(2)9-12-30-20)26-14-16-13-19(28)27-18-8-5-4-7-17(16)18;/h4-5,7-9,12,16H,3,6,10-11,13-14H2,1-2H3,(H,24,29)(H,27,28)(H2,23,25,26);1H. The molecule has 4 N–H and O–H groups in total. The first-order valence-corrected chi connectivity index (χ1v) is 10.3. The lowest BCUT2D eigenvalue weighted by atomic mass is 9.91. The molecular weight excluding hydrogens is 509 g/mol. The highest BCUT2D eigenvalue weighted by Crippen LogP contribution is 2.31. The second-order valence-corrected chi connectivity index (χ2v) is 7.23. The molecule has 0 radical (unpaired) electrons. The van der Waals surface area contributed by atoms with Gasteiger partial charge in [-0.15, -0.1) is 24.0 Å². The molecule has 3 rings (SSSR count). The number of rotatable bonds is 8. The van der Waals surface area contributed by atoms with Gasteiger partial charge in [0.05, 0.1) is 12.8 Å². The monoisotopic (exact) mass is 539 g/mol. The van der Waals surface area contributed by atoms with Gasteiger partial charge in [0.15, 0.2) is 11.7 Å². The van der Waals surface area contributed by atoms with Crippen LogP contribution in [0.3, 0.4) is 0 Å². The Morgan fingerprint density at radius 1 is 1.19 bits per heavy atom. The molecule has 31 heavy (non-hydrogen) atoms. The average molecular weight is 539 g/mol. The maximum absolute atomic E-state index is 12.0. The number of guanidine groups is 1. The molecule has 0 saturated carbocycles. The Hall–Kier alpha value is -2.56. The quantitative estimate of drug-likeness (QED) is 0.179. The van der Waals surface area contributed by atoms with Crippen molar-refractivity contribution in [2.45, 2.75) is 32.6 Å². The number of carbonyl (C=O) groups is 2. The number of fused-ring (bicyclic) bond motifs is 1. The fourth-order valence-electron chi connectivity index (χ4n) is 3.39. The third-order valence-corrected chi connectivity index (χ3v) is 4.92. The van der Waals surface area contributed by atoms with Crippen molar-refractivity contribution in [3.8, 4) is 0 Å². The van der Waals surface area contributed by atoms with Crippen LogP contribution in [0.15, 0.2) is 46.0 Å². The number of aryl methyl sites for hydroxylation is 1. The average Bonchev–Trinajstić information content (AvgIpc) is 3.17. The highest BCUT2D eigenvalue weighted by atomic mass is 127. The van der Waals surface area contributed by atoms with Crippen LogP contribution in [0, 0.1) is 6.92 Å². The molecule has 1 unspecified atom stereocenters. The number of nitrogens with zero attached hydrogens (tertiary/aromatic N) is 1. The van der Waals surface area contributed by atoms with Gasteiger partial charge >= 0.3 is 0 Å². The molecule has 0 saturated heterocycles. The summed E-state index contributed by atoms with van der Waals surface area (Å²) in [4.78, 5) is 28.7. The van der Waals surface area contributed by atoms with Crippen molar-refractivity contribution in [2.24, 2.45) is 4.99 Å². The maximum atomic E-state index is 12.0. The Kier molecular flexibility index (Phi) is 9.83. The first-order chi connectivity index (χ1) is 14.6. The van der Waals surface area contributed by atoms with E-state index in [2.05, 4.69) is 26.3 Å². The van der Waals surface area contributed by atoms with E-state index < -0.39 is 0 Å². The van der Waals surface area contributed by atoms with Crippen LogP contribution in [0.4, 0.5) is 5.69 Å². The Bertz CT molecular complexity index is 912. The van der Waals surface area contributed by atoms with Crippen molar-refractivity contribution in [3.05, 3.63) is 53.5 Å². The Morgan fingerprint density at radius 3 is 2.71 bits per heavy atom. The van der Waals surface area contributed by atoms with E-state index in [0.717, 1.165) is 29.8 Å². The second-order valence-electron chi connectivity index (χ2n) is 7.23. The molecule has 1 aromatic carbocycles. The minimum atomic E-state index is -0.202. The summed E-state index contributed by atoms with van der Waals surface area (Å²) in [5, 5.41) is 12.3. The van der Waals surface area contributed by atoms with Gasteiger partial charge in [-0.3, -0.25) is 14.6 Å². The van der Waals surface area contributed by atoms with Crippen molar-refractivity contribution in [1.29, 1.82) is 0 Å². The molecule has 1 aliphatic heterocycles. The van der Waals surface area contributed by atoms with Crippen molar-refractivity contribution in [1.82, 2.24) is 16.0 Å². The van der Waals surface area contributed by atoms with E-state index in [1.54, 1.807) is 6.07 Å². The van der Waals surface area contributed by atoms with Crippen LogP contribution in [-0.4, -0.2) is 44.0 Å². The zero-order valence-corrected chi connectivity index (χ0v) is 20.2. The Labute approximate surface area is 199 Å². The van der Waals surface area contributed by atoms with Crippen LogP contribution in [0.1, 0.15) is 47.4 Å². The van der Waals surface area contributed by atoms with E-state index in [1.807, 2.05) is 38.1 Å². The molecule has 0 fully saturated rings. The van der Waals surface area contributed by atoms with Gasteiger partial charge in [-0.1, -0.05) is 18.2 Å². The number of hydrogen-bond donors (Lipinski definition) is 4. The van der Waals surface area contributed by atoms with E-state index in [9.17, 15) is 9.59 Å². The zero-order valence-electron chi connectivity index (χ0n) is 17.9. The van der Waals surface area contributed by atoms with E-state index >= 15 is 0 Å². The van der Waals surface area contributed by atoms with Crippen molar-refractivity contribution in [3.63, 3.8) is 0 Å². The number of aliphatic imine (C=N–C) groups is 1. The molecule has 8 nitrogen and oxygen atoms in total. The molecule has 9 heteroatoms. The molecule has 1 aromatic heterocycles. The summed E-state index contributed by atoms with van der Waals surface area (Å²) in [6.07, 6.45) is 2.68. The van der Waals surface area contributed by atoms with Crippen LogP contribution in [0.5, 0.6) is 0 Å². The largest absolute Gasteiger partial charge is 0.459 e. The Balaban J connectivity index is 0.00000341. The fraction of sp³-hybridized carbons (Fsp3) is 0.409. The number of halogens is 1. The van der Waals surface area contributed by atoms with Gasteiger partial charge in [-0.05, 0) is 38.0 Å². The zero-order chi connectivity index (χ0) is 21.3. The summed E-state index contributed by atoms with van der Waals surface area (Å²) in [5.74, 6) is 0.937. The van der Waals surface area contributed by atoms with Gasteiger partial charge in [-0.25, -0.2) is 0 Å². The van der Waals surface area contributed by atoms with Crippen molar-refractivity contribution >= 4 is 47.4 Å². The number of hydrogen-bond acceptors (Lipinski definition) is 4. The molecule has 1 atom stereocenters. The lowest BCUT2D eigenvalue weighted by molar-refractivity contribution is -0.116. The first kappa shape index (κ1) is 24.7. The molecule has 2 heterocycles. The third kappa shape index (κ3) is 6.98. The predicted molar refractivity (Wildman–Crippen MR) is 132 cm³/mol. The SMILES string of the molecule is CCNC(=NCC1CC(=O)Nc2ccccc21)NCCCNC(=O)c1occc1C.I. The number of amides is 2. The molecular formula is C22H30IN5O3. The molecule has 1 aliphatic rings. The molecule has 2 aromatic rings. The molecule has 168 valence electrons. The third-order valence-electron chi connectivity index (χ3n) is 4.92. The van der Waals surface area contributed by atoms with Crippen LogP contribution >= 0.6 is 24.0 Å². The van der Waals surface area contributed by atoms with E-state index in [4.69, 9.17) is 4.42 Å². The minimum absolute atomic E-state index is 0. The summed E-state index contributed by atoms with van der Waals surface area (Å²) in [6.45, 7) is 6.29. The number of anilines is 1. The fourth-order valence-corrected chi connectivity index (χ4v) is 3.39. The number of para-hydroxylation sites is 1. The topological polar surface area (TPSA) is 108 Å². The highest BCUT2D eigenvalue weighted by molar-refractivity contribution is 14.0. The van der Waals surface area contributed by atoms with Gasteiger partial charge in [0, 0.05) is 43.2 Å². The van der Waals surface area contributed by atoms with Gasteiger partial charge in [0.25, 0.3) is 5.91 Å². The number of nitrogens with one attached hydrogen (secondary N) is 4. The second kappa shape index (κ2) is 12.3. The van der Waals surface area contributed by atoms with Crippen LogP contribution < -0.4 is 21.3 Å². The highest BCUT2D eigenvalue weighted by Gasteiger charge is 2.24. The van der Waals surface area contributed by atoms with Gasteiger partial charge in [-0.2, -0.15) is 0 Å². The molecule has 2 amide bonds. The number of furan rings is 1. The summed E-state index contributed by atoms with van der Waals surface area (Å²) in [5.41, 5.74) is 2.81. The molecule has 0 aliphatic carbocycles. The number of benzene rings is 1. The van der Waals surface area contributed by atoms with Crippen LogP contribution in [0.2, 0.25) is 0 Å². The van der Waals surface area contributed by atoms with E-state index in [-0.39, 0.29) is 41.7 Å². The summed E-state index contributed by atoms with van der Waals surface area (Å²) in [6, 6.07) is 9.63. The number of carbonyl (C=O) groups excluding carboxylic acids is 2. The van der Waals surface area contributed by atoms with Crippen LogP contribution in [0.25, 0.3) is 0 Å². The predicted octanol–water partition coefficient (Wildman–Crippen LogP) is 3.01. The summed E-state index contributed by atoms with van der Waals surface area (Å²) in [7, 11) is 0. The molecule has 0 spiro atoms. The van der Waals surface area contributed by atoms with E-state index in [0.29, 0.717) is 37.8 Å². The minimum Gasteiger partial charge on any atom is -0.459 e. The Morgan fingerprint density at radius 2 is 1.97 bits per heavy atom. The maximum Gasteiger partial charge on any atom is 0.287 e. The first-order valence-electron chi connectivity index (χ1n) is 10.3. The molecule has 0 bridgehead atoms. The van der Waals surface area contributed by atoms with Crippen LogP contribution in [-0.2, 0) is 4.79 Å². The van der Waals surface area contributed by atoms with Gasteiger partial charge in [0.2, 0.25) is 5.91 Å². The lowest BCUT2D eigenvalue weighted by Crippen LogP contribution is -2.39. The summed E-state index contributed by atoms with van der Waals surface area (Å²) >= 11 is 0. The van der Waals surface area contributed by atoms with Gasteiger partial charge in [0.1, 0.15) is 0 Å². The summed E-state index contributed by atoms with van der Waals surface area (Å²) < 4.78 is 5.19. The van der Waals surface area contributed by atoms with Gasteiger partial charge < -0.3 is 25.7 Å².